The number of para-hydroxylation sites is 1. The minimum Gasteiger partial charge on any atom is -0.451 e. The van der Waals surface area contributed by atoms with E-state index in [1.54, 1.807) is 11.0 Å². The Labute approximate surface area is 152 Å². The van der Waals surface area contributed by atoms with Gasteiger partial charge in [-0.15, -0.1) is 0 Å². The van der Waals surface area contributed by atoms with Crippen LogP contribution in [0.1, 0.15) is 29.9 Å². The van der Waals surface area contributed by atoms with Crippen molar-refractivity contribution < 1.29 is 14.3 Å². The van der Waals surface area contributed by atoms with Gasteiger partial charge in [0.05, 0.1) is 0 Å². The van der Waals surface area contributed by atoms with Crippen molar-refractivity contribution in [2.45, 2.75) is 26.8 Å². The maximum absolute atomic E-state index is 12.6. The fraction of sp³-hybridized carbons (Fsp3) is 0.238. The SMILES string of the molecule is Cc1ccc2[nH]c(C(=O)OCC(=O)N(c3ccccc3)C(C)C)cc2c1. The lowest BCUT2D eigenvalue weighted by molar-refractivity contribution is -0.122. The standard InChI is InChI=1S/C21H22N2O3/c1-14(2)23(17-7-5-4-6-8-17)20(24)13-26-21(25)19-12-16-11-15(3)9-10-18(16)22-19/h4-12,14,22H,13H2,1-3H3. The number of aromatic amines is 1. The number of esters is 1. The zero-order chi connectivity index (χ0) is 18.7. The zero-order valence-corrected chi connectivity index (χ0v) is 15.2. The second-order valence-electron chi connectivity index (χ2n) is 6.54. The summed E-state index contributed by atoms with van der Waals surface area (Å²) in [5.74, 6) is -0.796. The van der Waals surface area contributed by atoms with Crippen LogP contribution in [0.5, 0.6) is 0 Å². The van der Waals surface area contributed by atoms with Crippen molar-refractivity contribution in [3.8, 4) is 0 Å². The van der Waals surface area contributed by atoms with Crippen LogP contribution < -0.4 is 4.90 Å². The number of ether oxygens (including phenoxy) is 1. The molecular weight excluding hydrogens is 328 g/mol. The topological polar surface area (TPSA) is 62.4 Å². The molecule has 5 heteroatoms. The van der Waals surface area contributed by atoms with E-state index in [4.69, 9.17) is 4.74 Å². The van der Waals surface area contributed by atoms with Gasteiger partial charge in [0.25, 0.3) is 5.91 Å². The normalized spacial score (nSPS) is 10.9. The molecule has 26 heavy (non-hydrogen) atoms. The second-order valence-corrected chi connectivity index (χ2v) is 6.54. The van der Waals surface area contributed by atoms with Crippen molar-refractivity contribution in [1.29, 1.82) is 0 Å². The molecule has 0 saturated carbocycles. The van der Waals surface area contributed by atoms with E-state index < -0.39 is 5.97 Å². The Kier molecular flexibility index (Phi) is 5.07. The summed E-state index contributed by atoms with van der Waals surface area (Å²) in [4.78, 5) is 29.5. The summed E-state index contributed by atoms with van der Waals surface area (Å²) in [6, 6.07) is 16.9. The molecule has 5 nitrogen and oxygen atoms in total. The number of rotatable bonds is 5. The smallest absolute Gasteiger partial charge is 0.355 e. The molecule has 0 radical (unpaired) electrons. The first-order valence-corrected chi connectivity index (χ1v) is 8.59. The summed E-state index contributed by atoms with van der Waals surface area (Å²) in [6.45, 7) is 5.53. The molecule has 0 bridgehead atoms. The number of aromatic nitrogens is 1. The summed E-state index contributed by atoms with van der Waals surface area (Å²) in [5.41, 5.74) is 3.10. The van der Waals surface area contributed by atoms with Gasteiger partial charge in [0, 0.05) is 22.6 Å². The first-order chi connectivity index (χ1) is 12.5. The molecule has 2 aromatic carbocycles. The molecule has 0 aliphatic carbocycles. The third-order valence-electron chi connectivity index (χ3n) is 4.14. The number of carbonyl (C=O) groups excluding carboxylic acids is 2. The van der Waals surface area contributed by atoms with Gasteiger partial charge in [-0.25, -0.2) is 4.79 Å². The molecule has 1 aromatic heterocycles. The molecule has 1 heterocycles. The highest BCUT2D eigenvalue weighted by atomic mass is 16.5. The lowest BCUT2D eigenvalue weighted by Gasteiger charge is -2.26. The lowest BCUT2D eigenvalue weighted by atomic mass is 10.2. The van der Waals surface area contributed by atoms with Crippen molar-refractivity contribution in [1.82, 2.24) is 4.98 Å². The van der Waals surface area contributed by atoms with E-state index in [1.807, 2.05) is 69.3 Å². The molecule has 1 N–H and O–H groups in total. The monoisotopic (exact) mass is 350 g/mol. The maximum Gasteiger partial charge on any atom is 0.355 e. The number of anilines is 1. The molecule has 0 fully saturated rings. The summed E-state index contributed by atoms with van der Waals surface area (Å²) in [6.07, 6.45) is 0. The molecule has 3 aromatic rings. The van der Waals surface area contributed by atoms with Crippen LogP contribution in [0.2, 0.25) is 0 Å². The fourth-order valence-corrected chi connectivity index (χ4v) is 2.96. The summed E-state index contributed by atoms with van der Waals surface area (Å²) < 4.78 is 5.24. The van der Waals surface area contributed by atoms with Crippen LogP contribution >= 0.6 is 0 Å². The predicted molar refractivity (Wildman–Crippen MR) is 102 cm³/mol. The van der Waals surface area contributed by atoms with Gasteiger partial charge in [0.1, 0.15) is 5.69 Å². The minimum atomic E-state index is -0.538. The summed E-state index contributed by atoms with van der Waals surface area (Å²) >= 11 is 0. The van der Waals surface area contributed by atoms with Crippen LogP contribution in [0.25, 0.3) is 10.9 Å². The Bertz CT molecular complexity index is 929. The van der Waals surface area contributed by atoms with Crippen molar-refractivity contribution in [3.05, 3.63) is 65.9 Å². The molecule has 0 aliphatic heterocycles. The van der Waals surface area contributed by atoms with Gasteiger partial charge in [-0.2, -0.15) is 0 Å². The average molecular weight is 350 g/mol. The molecule has 0 aliphatic rings. The Hall–Kier alpha value is -3.08. The average Bonchev–Trinajstić information content (AvgIpc) is 3.03. The van der Waals surface area contributed by atoms with Gasteiger partial charge in [0.2, 0.25) is 0 Å². The molecule has 0 spiro atoms. The third-order valence-corrected chi connectivity index (χ3v) is 4.14. The Morgan fingerprint density at radius 2 is 1.81 bits per heavy atom. The van der Waals surface area contributed by atoms with E-state index >= 15 is 0 Å². The van der Waals surface area contributed by atoms with Crippen LogP contribution in [0.15, 0.2) is 54.6 Å². The number of fused-ring (bicyclic) bond motifs is 1. The predicted octanol–water partition coefficient (Wildman–Crippen LogP) is 4.07. The maximum atomic E-state index is 12.6. The van der Waals surface area contributed by atoms with E-state index in [0.717, 1.165) is 22.2 Å². The Balaban J connectivity index is 1.70. The van der Waals surface area contributed by atoms with E-state index in [-0.39, 0.29) is 18.6 Å². The number of hydrogen-bond donors (Lipinski definition) is 1. The largest absolute Gasteiger partial charge is 0.451 e. The fourth-order valence-electron chi connectivity index (χ4n) is 2.96. The van der Waals surface area contributed by atoms with E-state index in [2.05, 4.69) is 4.98 Å². The molecule has 134 valence electrons. The highest BCUT2D eigenvalue weighted by Gasteiger charge is 2.21. The highest BCUT2D eigenvalue weighted by Crippen LogP contribution is 2.19. The number of hydrogen-bond acceptors (Lipinski definition) is 3. The van der Waals surface area contributed by atoms with Gasteiger partial charge >= 0.3 is 5.97 Å². The minimum absolute atomic E-state index is 0.0420. The van der Waals surface area contributed by atoms with Crippen molar-refractivity contribution in [2.75, 3.05) is 11.5 Å². The molecule has 3 rings (SSSR count). The molecule has 0 saturated heterocycles. The number of nitrogens with zero attached hydrogens (tertiary/aromatic N) is 1. The molecular formula is C21H22N2O3. The number of carbonyl (C=O) groups is 2. The van der Waals surface area contributed by atoms with Crippen molar-refractivity contribution >= 4 is 28.5 Å². The molecule has 0 unspecified atom stereocenters. The van der Waals surface area contributed by atoms with Gasteiger partial charge in [-0.3, -0.25) is 4.79 Å². The number of H-pyrrole nitrogens is 1. The van der Waals surface area contributed by atoms with Crippen LogP contribution in [-0.2, 0) is 9.53 Å². The molecule has 1 amide bonds. The van der Waals surface area contributed by atoms with E-state index in [1.165, 1.54) is 0 Å². The first kappa shape index (κ1) is 17.7. The molecule has 0 atom stereocenters. The van der Waals surface area contributed by atoms with Gasteiger partial charge < -0.3 is 14.6 Å². The van der Waals surface area contributed by atoms with Crippen molar-refractivity contribution in [3.63, 3.8) is 0 Å². The van der Waals surface area contributed by atoms with Crippen molar-refractivity contribution in [2.24, 2.45) is 0 Å². The quantitative estimate of drug-likeness (QED) is 0.706. The number of benzene rings is 2. The van der Waals surface area contributed by atoms with Crippen LogP contribution in [0, 0.1) is 6.92 Å². The van der Waals surface area contributed by atoms with E-state index in [0.29, 0.717) is 5.69 Å². The lowest BCUT2D eigenvalue weighted by Crippen LogP contribution is -2.39. The van der Waals surface area contributed by atoms with Crippen LogP contribution in [-0.4, -0.2) is 29.5 Å². The highest BCUT2D eigenvalue weighted by molar-refractivity contribution is 5.98. The number of aryl methyl sites for hydroxylation is 1. The van der Waals surface area contributed by atoms with Gasteiger partial charge in [0.15, 0.2) is 6.61 Å². The van der Waals surface area contributed by atoms with Gasteiger partial charge in [-0.1, -0.05) is 29.8 Å². The zero-order valence-electron chi connectivity index (χ0n) is 15.2. The number of nitrogens with one attached hydrogen (secondary N) is 1. The van der Waals surface area contributed by atoms with Crippen LogP contribution in [0.3, 0.4) is 0 Å². The second kappa shape index (κ2) is 7.44. The van der Waals surface area contributed by atoms with Crippen LogP contribution in [0.4, 0.5) is 5.69 Å². The summed E-state index contributed by atoms with van der Waals surface area (Å²) in [7, 11) is 0. The van der Waals surface area contributed by atoms with Gasteiger partial charge in [-0.05, 0) is 51.1 Å². The first-order valence-electron chi connectivity index (χ1n) is 8.59. The summed E-state index contributed by atoms with van der Waals surface area (Å²) in [5, 5.41) is 0.941. The third kappa shape index (κ3) is 3.77. The Morgan fingerprint density at radius 1 is 1.08 bits per heavy atom. The number of amides is 1. The van der Waals surface area contributed by atoms with E-state index in [9.17, 15) is 9.59 Å². The Morgan fingerprint density at radius 3 is 2.50 bits per heavy atom.